The van der Waals surface area contributed by atoms with E-state index >= 15 is 0 Å². The van der Waals surface area contributed by atoms with Gasteiger partial charge in [0.1, 0.15) is 5.82 Å². The quantitative estimate of drug-likeness (QED) is 0.471. The highest BCUT2D eigenvalue weighted by Crippen LogP contribution is 2.17. The molecule has 30 heavy (non-hydrogen) atoms. The largest absolute Gasteiger partial charge is 0.283 e. The van der Waals surface area contributed by atoms with E-state index in [2.05, 4.69) is 20.2 Å². The molecule has 4 aromatic heterocycles. The molecule has 5 aromatic rings. The van der Waals surface area contributed by atoms with E-state index in [-0.39, 0.29) is 17.1 Å². The van der Waals surface area contributed by atoms with Crippen molar-refractivity contribution in [2.75, 3.05) is 0 Å². The first kappa shape index (κ1) is 18.0. The Morgan fingerprint density at radius 3 is 2.23 bits per heavy atom. The highest BCUT2D eigenvalue weighted by molar-refractivity contribution is 5.91. The van der Waals surface area contributed by atoms with Crippen molar-refractivity contribution >= 4 is 21.8 Å². The molecular formula is C22H18N6O2. The van der Waals surface area contributed by atoms with Crippen LogP contribution in [0.15, 0.2) is 64.4 Å². The van der Waals surface area contributed by atoms with Crippen LogP contribution in [-0.2, 0) is 6.42 Å². The molecule has 4 heterocycles. The summed E-state index contributed by atoms with van der Waals surface area (Å²) in [4.78, 5) is 35.2. The maximum absolute atomic E-state index is 13.2. The van der Waals surface area contributed by atoms with Crippen molar-refractivity contribution in [1.82, 2.24) is 29.3 Å². The van der Waals surface area contributed by atoms with Gasteiger partial charge in [0.2, 0.25) is 0 Å². The Bertz CT molecular complexity index is 1540. The number of rotatable bonds is 3. The first-order chi connectivity index (χ1) is 14.6. The maximum Gasteiger partial charge on any atom is 0.267 e. The van der Waals surface area contributed by atoms with Crippen molar-refractivity contribution in [2.45, 2.75) is 20.3 Å². The van der Waals surface area contributed by atoms with Gasteiger partial charge in [-0.2, -0.15) is 4.98 Å². The fraction of sp³-hybridized carbons (Fsp3) is 0.136. The summed E-state index contributed by atoms with van der Waals surface area (Å²) < 4.78 is 2.93. The molecule has 0 aliphatic carbocycles. The lowest BCUT2D eigenvalue weighted by molar-refractivity contribution is 0.901. The van der Waals surface area contributed by atoms with Crippen molar-refractivity contribution in [2.24, 2.45) is 0 Å². The molecule has 0 atom stereocenters. The van der Waals surface area contributed by atoms with Crippen molar-refractivity contribution in [3.63, 3.8) is 0 Å². The van der Waals surface area contributed by atoms with Crippen molar-refractivity contribution in [3.05, 3.63) is 87.0 Å². The van der Waals surface area contributed by atoms with Gasteiger partial charge in [-0.1, -0.05) is 25.1 Å². The van der Waals surface area contributed by atoms with Gasteiger partial charge in [0.05, 0.1) is 27.5 Å². The molecule has 0 saturated heterocycles. The molecule has 5 rings (SSSR count). The molecule has 0 radical (unpaired) electrons. The summed E-state index contributed by atoms with van der Waals surface area (Å²) in [7, 11) is 0. The van der Waals surface area contributed by atoms with Crippen molar-refractivity contribution in [1.29, 1.82) is 0 Å². The van der Waals surface area contributed by atoms with Crippen LogP contribution < -0.4 is 11.1 Å². The summed E-state index contributed by atoms with van der Waals surface area (Å²) in [6, 6.07) is 12.8. The molecule has 1 N–H and O–H groups in total. The van der Waals surface area contributed by atoms with Crippen LogP contribution >= 0.6 is 0 Å². The van der Waals surface area contributed by atoms with Gasteiger partial charge in [0.25, 0.3) is 17.1 Å². The Hall–Kier alpha value is -4.07. The SMILES string of the molecule is CCc1nc(-n2ccc3nc4ccn(-c5ccccc5C)c(=O)c4cc3c2=O)n[nH]1. The molecule has 0 unspecified atom stereocenters. The number of hydrogen-bond donors (Lipinski definition) is 1. The number of pyridine rings is 3. The third kappa shape index (κ3) is 2.73. The lowest BCUT2D eigenvalue weighted by atomic mass is 10.1. The first-order valence-electron chi connectivity index (χ1n) is 9.62. The van der Waals surface area contributed by atoms with Crippen LogP contribution in [0.25, 0.3) is 33.4 Å². The van der Waals surface area contributed by atoms with E-state index in [1.165, 1.54) is 4.57 Å². The van der Waals surface area contributed by atoms with E-state index in [0.29, 0.717) is 34.1 Å². The second-order valence-electron chi connectivity index (χ2n) is 7.06. The normalized spacial score (nSPS) is 11.4. The topological polar surface area (TPSA) is 98.5 Å². The molecule has 8 nitrogen and oxygen atoms in total. The maximum atomic E-state index is 13.2. The zero-order chi connectivity index (χ0) is 20.8. The van der Waals surface area contributed by atoms with E-state index in [1.807, 2.05) is 38.1 Å². The zero-order valence-corrected chi connectivity index (χ0v) is 16.5. The second-order valence-corrected chi connectivity index (χ2v) is 7.06. The van der Waals surface area contributed by atoms with Gasteiger partial charge < -0.3 is 0 Å². The predicted molar refractivity (Wildman–Crippen MR) is 114 cm³/mol. The Morgan fingerprint density at radius 2 is 1.57 bits per heavy atom. The Labute approximate surface area is 170 Å². The minimum atomic E-state index is -0.325. The molecule has 0 amide bonds. The van der Waals surface area contributed by atoms with E-state index in [0.717, 1.165) is 11.3 Å². The molecule has 0 aliphatic rings. The Kier molecular flexibility index (Phi) is 4.06. The minimum absolute atomic E-state index is 0.225. The molecule has 0 bridgehead atoms. The lowest BCUT2D eigenvalue weighted by Gasteiger charge is -2.10. The highest BCUT2D eigenvalue weighted by atomic mass is 16.1. The fourth-order valence-corrected chi connectivity index (χ4v) is 3.56. The van der Waals surface area contributed by atoms with E-state index in [1.54, 1.807) is 35.2 Å². The predicted octanol–water partition coefficient (Wildman–Crippen LogP) is 2.68. The Balaban J connectivity index is 1.77. The number of aromatic amines is 1. The summed E-state index contributed by atoms with van der Waals surface area (Å²) >= 11 is 0. The third-order valence-corrected chi connectivity index (χ3v) is 5.19. The highest BCUT2D eigenvalue weighted by Gasteiger charge is 2.13. The van der Waals surface area contributed by atoms with Crippen LogP contribution in [0.2, 0.25) is 0 Å². The number of hydrogen-bond acceptors (Lipinski definition) is 5. The summed E-state index contributed by atoms with van der Waals surface area (Å²) in [5.74, 6) is 0.957. The van der Waals surface area contributed by atoms with Gasteiger partial charge in [-0.3, -0.25) is 19.3 Å². The number of benzene rings is 1. The molecule has 8 heteroatoms. The molecule has 1 aromatic carbocycles. The minimum Gasteiger partial charge on any atom is -0.283 e. The smallest absolute Gasteiger partial charge is 0.267 e. The van der Waals surface area contributed by atoms with Gasteiger partial charge in [-0.05, 0) is 36.8 Å². The van der Waals surface area contributed by atoms with Gasteiger partial charge in [0.15, 0.2) is 0 Å². The average Bonchev–Trinajstić information content (AvgIpc) is 3.23. The van der Waals surface area contributed by atoms with Gasteiger partial charge in [0, 0.05) is 18.8 Å². The van der Waals surface area contributed by atoms with Crippen LogP contribution in [0.3, 0.4) is 0 Å². The second kappa shape index (κ2) is 6.77. The lowest BCUT2D eigenvalue weighted by Crippen LogP contribution is -2.21. The average molecular weight is 398 g/mol. The molecule has 148 valence electrons. The van der Waals surface area contributed by atoms with Gasteiger partial charge >= 0.3 is 0 Å². The number of aryl methyl sites for hydroxylation is 2. The monoisotopic (exact) mass is 398 g/mol. The van der Waals surface area contributed by atoms with Gasteiger partial charge in [-0.15, -0.1) is 5.10 Å². The van der Waals surface area contributed by atoms with Crippen molar-refractivity contribution < 1.29 is 0 Å². The molecule has 0 fully saturated rings. The van der Waals surface area contributed by atoms with E-state index < -0.39 is 0 Å². The number of H-pyrrole nitrogens is 1. The molecule has 0 spiro atoms. The van der Waals surface area contributed by atoms with Crippen LogP contribution in [0, 0.1) is 6.92 Å². The summed E-state index contributed by atoms with van der Waals surface area (Å²) in [6.07, 6.45) is 3.99. The van der Waals surface area contributed by atoms with Crippen LogP contribution in [0.1, 0.15) is 18.3 Å². The van der Waals surface area contributed by atoms with E-state index in [9.17, 15) is 9.59 Å². The summed E-state index contributed by atoms with van der Waals surface area (Å²) in [5, 5.41) is 7.64. The molecular weight excluding hydrogens is 380 g/mol. The zero-order valence-electron chi connectivity index (χ0n) is 16.5. The number of para-hydroxylation sites is 1. The van der Waals surface area contributed by atoms with Gasteiger partial charge in [-0.25, -0.2) is 9.55 Å². The van der Waals surface area contributed by atoms with Crippen LogP contribution in [0.5, 0.6) is 0 Å². The number of fused-ring (bicyclic) bond motifs is 2. The Morgan fingerprint density at radius 1 is 0.900 bits per heavy atom. The number of nitrogens with one attached hydrogen (secondary N) is 1. The van der Waals surface area contributed by atoms with Crippen LogP contribution in [0.4, 0.5) is 0 Å². The van der Waals surface area contributed by atoms with Crippen LogP contribution in [-0.4, -0.2) is 29.3 Å². The third-order valence-electron chi connectivity index (χ3n) is 5.19. The first-order valence-corrected chi connectivity index (χ1v) is 9.62. The van der Waals surface area contributed by atoms with E-state index in [4.69, 9.17) is 0 Å². The molecule has 0 saturated carbocycles. The summed E-state index contributed by atoms with van der Waals surface area (Å²) in [6.45, 7) is 3.90. The standard InChI is InChI=1S/C22H18N6O2/c1-3-19-24-22(26-25-19)28-11-9-17-15(21(28)30)12-14-16(23-17)8-10-27(20(14)29)18-7-5-4-6-13(18)2/h4-12H,3H2,1-2H3,(H,24,25,26). The summed E-state index contributed by atoms with van der Waals surface area (Å²) in [5.41, 5.74) is 2.28. The fourth-order valence-electron chi connectivity index (χ4n) is 3.56. The van der Waals surface area contributed by atoms with Crippen molar-refractivity contribution in [3.8, 4) is 11.6 Å². The number of nitrogens with zero attached hydrogens (tertiary/aromatic N) is 5. The molecule has 0 aliphatic heterocycles. The number of aromatic nitrogens is 6.